The molecule has 2 aromatic rings. The Balaban J connectivity index is 1.69. The highest BCUT2D eigenvalue weighted by molar-refractivity contribution is 7.98. The molecule has 8 nitrogen and oxygen atoms in total. The van der Waals surface area contributed by atoms with Crippen LogP contribution in [0, 0.1) is 0 Å². The van der Waals surface area contributed by atoms with E-state index in [4.69, 9.17) is 9.47 Å². The minimum absolute atomic E-state index is 0.0829. The zero-order valence-electron chi connectivity index (χ0n) is 18.3. The summed E-state index contributed by atoms with van der Waals surface area (Å²) in [4.78, 5) is 39.0. The average molecular weight is 443 g/mol. The number of methoxy groups -OCH3 is 2. The fourth-order valence-corrected chi connectivity index (χ4v) is 4.76. The number of nitrogens with zero attached hydrogens (tertiary/aromatic N) is 4. The van der Waals surface area contributed by atoms with Crippen LogP contribution in [-0.4, -0.2) is 65.2 Å². The summed E-state index contributed by atoms with van der Waals surface area (Å²) < 4.78 is 10.8. The Morgan fingerprint density at radius 2 is 2.00 bits per heavy atom. The summed E-state index contributed by atoms with van der Waals surface area (Å²) in [5.41, 5.74) is 0.952. The van der Waals surface area contributed by atoms with Gasteiger partial charge in [-0.3, -0.25) is 9.59 Å². The largest absolute Gasteiger partial charge is 0.497 e. The molecule has 1 aromatic heterocycles. The van der Waals surface area contributed by atoms with E-state index in [9.17, 15) is 9.59 Å². The van der Waals surface area contributed by atoms with Crippen molar-refractivity contribution in [3.8, 4) is 11.5 Å². The standard InChI is InChI=1S/C22H26N4O4S/c1-22(2)12-25(11-13-6-7-14(29-3)8-18(13)30-4)20(28)16-9-17(27)15-10-23-21(31-5)24-19(15)26(16)22/h6-8,10,16H,9,11-12H2,1-5H3. The number of hydrogen-bond acceptors (Lipinski definition) is 8. The lowest BCUT2D eigenvalue weighted by molar-refractivity contribution is -0.137. The molecule has 1 aromatic carbocycles. The van der Waals surface area contributed by atoms with E-state index in [1.54, 1.807) is 25.3 Å². The second-order valence-electron chi connectivity index (χ2n) is 8.29. The SMILES string of the molecule is COc1ccc(CN2CC(C)(C)N3c4nc(SC)ncc4C(=O)CC3C2=O)c(OC)c1. The third kappa shape index (κ3) is 3.71. The van der Waals surface area contributed by atoms with Crippen LogP contribution in [0.4, 0.5) is 5.82 Å². The van der Waals surface area contributed by atoms with E-state index in [1.165, 1.54) is 11.8 Å². The number of carbonyl (C=O) groups excluding carboxylic acids is 2. The zero-order chi connectivity index (χ0) is 22.3. The molecule has 0 aliphatic carbocycles. The summed E-state index contributed by atoms with van der Waals surface area (Å²) in [6.07, 6.45) is 3.59. The Morgan fingerprint density at radius 3 is 2.68 bits per heavy atom. The van der Waals surface area contributed by atoms with E-state index >= 15 is 0 Å². The van der Waals surface area contributed by atoms with Gasteiger partial charge in [0, 0.05) is 37.3 Å². The van der Waals surface area contributed by atoms with Crippen molar-refractivity contribution in [3.05, 3.63) is 35.5 Å². The van der Waals surface area contributed by atoms with Gasteiger partial charge >= 0.3 is 0 Å². The molecule has 0 N–H and O–H groups in total. The number of piperazine rings is 1. The van der Waals surface area contributed by atoms with Gasteiger partial charge in [-0.25, -0.2) is 9.97 Å². The summed E-state index contributed by atoms with van der Waals surface area (Å²) in [5.74, 6) is 1.73. The molecule has 2 aliphatic rings. The molecule has 0 bridgehead atoms. The van der Waals surface area contributed by atoms with Gasteiger partial charge in [0.2, 0.25) is 5.91 Å². The molecule has 1 unspecified atom stereocenters. The van der Waals surface area contributed by atoms with Gasteiger partial charge in [0.1, 0.15) is 23.4 Å². The first-order chi connectivity index (χ1) is 14.8. The van der Waals surface area contributed by atoms with Crippen LogP contribution in [0.1, 0.15) is 36.2 Å². The quantitative estimate of drug-likeness (QED) is 0.516. The Bertz CT molecular complexity index is 1040. The topological polar surface area (TPSA) is 84.9 Å². The Morgan fingerprint density at radius 1 is 1.23 bits per heavy atom. The van der Waals surface area contributed by atoms with Gasteiger partial charge in [0.15, 0.2) is 10.9 Å². The van der Waals surface area contributed by atoms with Crippen LogP contribution < -0.4 is 14.4 Å². The average Bonchev–Trinajstić information content (AvgIpc) is 2.76. The number of anilines is 1. The van der Waals surface area contributed by atoms with Gasteiger partial charge in [-0.2, -0.15) is 0 Å². The number of hydrogen-bond donors (Lipinski definition) is 0. The second-order valence-corrected chi connectivity index (χ2v) is 9.06. The van der Waals surface area contributed by atoms with E-state index in [1.807, 2.05) is 29.4 Å². The van der Waals surface area contributed by atoms with Crippen LogP contribution in [0.5, 0.6) is 11.5 Å². The Labute approximate surface area is 185 Å². The molecule has 9 heteroatoms. The van der Waals surface area contributed by atoms with Crippen LogP contribution in [0.2, 0.25) is 0 Å². The molecular weight excluding hydrogens is 416 g/mol. The number of carbonyl (C=O) groups is 2. The fourth-order valence-electron chi connectivity index (χ4n) is 4.42. The highest BCUT2D eigenvalue weighted by atomic mass is 32.2. The number of fused-ring (bicyclic) bond motifs is 3. The van der Waals surface area contributed by atoms with Gasteiger partial charge in [-0.1, -0.05) is 11.8 Å². The Kier molecular flexibility index (Phi) is 5.55. The van der Waals surface area contributed by atoms with Crippen LogP contribution in [0.25, 0.3) is 0 Å². The van der Waals surface area contributed by atoms with Crippen molar-refractivity contribution >= 4 is 29.3 Å². The van der Waals surface area contributed by atoms with E-state index in [-0.39, 0.29) is 18.1 Å². The van der Waals surface area contributed by atoms with Crippen molar-refractivity contribution in [3.63, 3.8) is 0 Å². The zero-order valence-corrected chi connectivity index (χ0v) is 19.2. The predicted octanol–water partition coefficient (Wildman–Crippen LogP) is 2.80. The van der Waals surface area contributed by atoms with Gasteiger partial charge in [0.05, 0.1) is 25.3 Å². The number of ketones is 1. The highest BCUT2D eigenvalue weighted by Gasteiger charge is 2.50. The third-order valence-corrected chi connectivity index (χ3v) is 6.39. The number of amides is 1. The van der Waals surface area contributed by atoms with Crippen molar-refractivity contribution in [2.24, 2.45) is 0 Å². The molecule has 2 aliphatic heterocycles. The lowest BCUT2D eigenvalue weighted by atomic mass is 9.86. The lowest BCUT2D eigenvalue weighted by Crippen LogP contribution is -2.68. The Hall–Kier alpha value is -2.81. The fraction of sp³-hybridized carbons (Fsp3) is 0.455. The summed E-state index contributed by atoms with van der Waals surface area (Å²) >= 11 is 1.41. The monoisotopic (exact) mass is 442 g/mol. The molecule has 0 saturated carbocycles. The molecule has 164 valence electrons. The minimum Gasteiger partial charge on any atom is -0.497 e. The molecule has 1 amide bonds. The summed E-state index contributed by atoms with van der Waals surface area (Å²) in [6.45, 7) is 5.03. The molecule has 0 spiro atoms. The van der Waals surface area contributed by atoms with Crippen LogP contribution in [-0.2, 0) is 11.3 Å². The smallest absolute Gasteiger partial charge is 0.246 e. The number of benzene rings is 1. The predicted molar refractivity (Wildman–Crippen MR) is 118 cm³/mol. The van der Waals surface area contributed by atoms with Crippen LogP contribution >= 0.6 is 11.8 Å². The molecule has 3 heterocycles. The number of Topliss-reactive ketones (excluding diaryl/α,β-unsaturated/α-hetero) is 1. The number of aromatic nitrogens is 2. The molecule has 0 radical (unpaired) electrons. The van der Waals surface area contributed by atoms with E-state index in [2.05, 4.69) is 23.8 Å². The van der Waals surface area contributed by atoms with Gasteiger partial charge in [-0.05, 0) is 32.2 Å². The van der Waals surface area contributed by atoms with E-state index < -0.39 is 11.6 Å². The first-order valence-corrected chi connectivity index (χ1v) is 11.2. The molecule has 1 saturated heterocycles. The number of ether oxygens (including phenoxy) is 2. The first-order valence-electron chi connectivity index (χ1n) is 10.0. The maximum absolute atomic E-state index is 13.5. The molecule has 31 heavy (non-hydrogen) atoms. The van der Waals surface area contributed by atoms with Crippen molar-refractivity contribution in [2.45, 2.75) is 43.6 Å². The van der Waals surface area contributed by atoms with Crippen LogP contribution in [0.3, 0.4) is 0 Å². The second kappa shape index (κ2) is 8.03. The normalized spacial score (nSPS) is 19.7. The van der Waals surface area contributed by atoms with Gasteiger partial charge in [0.25, 0.3) is 0 Å². The van der Waals surface area contributed by atoms with Crippen molar-refractivity contribution in [1.29, 1.82) is 0 Å². The van der Waals surface area contributed by atoms with Crippen LogP contribution in [0.15, 0.2) is 29.6 Å². The molecule has 1 fully saturated rings. The summed E-state index contributed by atoms with van der Waals surface area (Å²) in [7, 11) is 3.20. The maximum atomic E-state index is 13.5. The first kappa shape index (κ1) is 21.4. The van der Waals surface area contributed by atoms with Gasteiger partial charge in [-0.15, -0.1) is 0 Å². The molecule has 1 atom stereocenters. The van der Waals surface area contributed by atoms with E-state index in [0.29, 0.717) is 41.1 Å². The third-order valence-electron chi connectivity index (χ3n) is 5.83. The minimum atomic E-state index is -0.586. The molecule has 4 rings (SSSR count). The number of thioether (sulfide) groups is 1. The van der Waals surface area contributed by atoms with Gasteiger partial charge < -0.3 is 19.3 Å². The molecular formula is C22H26N4O4S. The van der Waals surface area contributed by atoms with Crippen molar-refractivity contribution < 1.29 is 19.1 Å². The van der Waals surface area contributed by atoms with E-state index in [0.717, 1.165) is 5.56 Å². The highest BCUT2D eigenvalue weighted by Crippen LogP contribution is 2.40. The summed E-state index contributed by atoms with van der Waals surface area (Å²) in [5, 5.41) is 0.584. The number of rotatable bonds is 5. The lowest BCUT2D eigenvalue weighted by Gasteiger charge is -2.53. The van der Waals surface area contributed by atoms with Crippen molar-refractivity contribution in [2.75, 3.05) is 31.9 Å². The summed E-state index contributed by atoms with van der Waals surface area (Å²) in [6, 6.07) is 4.98. The van der Waals surface area contributed by atoms with Crippen molar-refractivity contribution in [1.82, 2.24) is 14.9 Å². The maximum Gasteiger partial charge on any atom is 0.246 e.